The van der Waals surface area contributed by atoms with Crippen LogP contribution in [0.4, 0.5) is 11.8 Å². The minimum absolute atomic E-state index is 0.0942. The van der Waals surface area contributed by atoms with Crippen LogP contribution in [0.5, 0.6) is 0 Å². The summed E-state index contributed by atoms with van der Waals surface area (Å²) in [5.74, 6) is 1.09. The Bertz CT molecular complexity index is 439. The summed E-state index contributed by atoms with van der Waals surface area (Å²) < 4.78 is 4.88. The summed E-state index contributed by atoms with van der Waals surface area (Å²) in [7, 11) is 1.60. The summed E-state index contributed by atoms with van der Waals surface area (Å²) in [6.45, 7) is 7.38. The molecule has 1 unspecified atom stereocenters. The van der Waals surface area contributed by atoms with Crippen LogP contribution in [0.2, 0.25) is 0 Å². The number of carbonyl (C=O) groups is 1. The zero-order valence-corrected chi connectivity index (χ0v) is 12.5. The van der Waals surface area contributed by atoms with Gasteiger partial charge in [0.2, 0.25) is 11.9 Å². The van der Waals surface area contributed by atoms with E-state index < -0.39 is 0 Å². The summed E-state index contributed by atoms with van der Waals surface area (Å²) in [4.78, 5) is 20.4. The van der Waals surface area contributed by atoms with Gasteiger partial charge < -0.3 is 20.7 Å². The van der Waals surface area contributed by atoms with Crippen molar-refractivity contribution >= 4 is 17.7 Å². The Morgan fingerprint density at radius 1 is 1.45 bits per heavy atom. The van der Waals surface area contributed by atoms with Gasteiger partial charge in [-0.25, -0.2) is 4.98 Å². The van der Waals surface area contributed by atoms with Crippen molar-refractivity contribution in [1.29, 1.82) is 0 Å². The van der Waals surface area contributed by atoms with Gasteiger partial charge in [-0.05, 0) is 20.8 Å². The minimum Gasteiger partial charge on any atom is -0.383 e. The van der Waals surface area contributed by atoms with Crippen molar-refractivity contribution in [3.63, 3.8) is 0 Å². The van der Waals surface area contributed by atoms with Crippen LogP contribution >= 0.6 is 0 Å². The zero-order valence-electron chi connectivity index (χ0n) is 12.5. The van der Waals surface area contributed by atoms with E-state index in [0.717, 1.165) is 12.2 Å². The largest absolute Gasteiger partial charge is 0.383 e. The average Bonchev–Trinajstić information content (AvgIpc) is 2.38. The second kappa shape index (κ2) is 8.31. The molecule has 0 fully saturated rings. The first-order valence-electron chi connectivity index (χ1n) is 6.69. The lowest BCUT2D eigenvalue weighted by molar-refractivity contribution is -0.121. The lowest BCUT2D eigenvalue weighted by Crippen LogP contribution is -2.39. The van der Waals surface area contributed by atoms with Crippen LogP contribution in [0.15, 0.2) is 6.07 Å². The Balaban J connectivity index is 2.60. The Labute approximate surface area is 119 Å². The van der Waals surface area contributed by atoms with Crippen LogP contribution in [0.3, 0.4) is 0 Å². The third-order valence-corrected chi connectivity index (χ3v) is 2.55. The Morgan fingerprint density at radius 3 is 2.85 bits per heavy atom. The topological polar surface area (TPSA) is 88.2 Å². The molecule has 0 aliphatic heterocycles. The molecule has 0 aliphatic rings. The fraction of sp³-hybridized carbons (Fsp3) is 0.615. The monoisotopic (exact) mass is 281 g/mol. The Morgan fingerprint density at radius 2 is 2.20 bits per heavy atom. The van der Waals surface area contributed by atoms with Crippen molar-refractivity contribution in [3.05, 3.63) is 11.8 Å². The lowest BCUT2D eigenvalue weighted by Gasteiger charge is -2.15. The fourth-order valence-electron chi connectivity index (χ4n) is 1.60. The predicted octanol–water partition coefficient (Wildman–Crippen LogP) is 0.780. The van der Waals surface area contributed by atoms with Gasteiger partial charge in [0.25, 0.3) is 0 Å². The molecule has 3 N–H and O–H groups in total. The molecule has 1 amide bonds. The first-order chi connectivity index (χ1) is 9.56. The number of nitrogens with one attached hydrogen (secondary N) is 3. The quantitative estimate of drug-likeness (QED) is 0.610. The highest BCUT2D eigenvalue weighted by molar-refractivity contribution is 5.83. The van der Waals surface area contributed by atoms with Crippen LogP contribution in [0.25, 0.3) is 0 Å². The van der Waals surface area contributed by atoms with E-state index in [9.17, 15) is 4.79 Å². The molecule has 1 aromatic rings. The molecule has 0 spiro atoms. The van der Waals surface area contributed by atoms with Crippen molar-refractivity contribution in [1.82, 2.24) is 15.3 Å². The molecule has 112 valence electrons. The number of amides is 1. The average molecular weight is 281 g/mol. The van der Waals surface area contributed by atoms with Gasteiger partial charge in [-0.15, -0.1) is 0 Å². The van der Waals surface area contributed by atoms with Crippen LogP contribution in [-0.4, -0.2) is 48.7 Å². The van der Waals surface area contributed by atoms with Gasteiger partial charge in [-0.1, -0.05) is 0 Å². The van der Waals surface area contributed by atoms with Crippen molar-refractivity contribution in [3.8, 4) is 0 Å². The van der Waals surface area contributed by atoms with Crippen LogP contribution in [-0.2, 0) is 9.53 Å². The molecule has 7 heteroatoms. The van der Waals surface area contributed by atoms with E-state index >= 15 is 0 Å². The standard InChI is InChI=1S/C13H23N5O2/c1-5-14-13-16-9(2)8-11(18-13)17-10(3)12(19)15-6-7-20-4/h8,10H,5-7H2,1-4H3,(H,15,19)(H2,14,16,17,18). The van der Waals surface area contributed by atoms with Crippen molar-refractivity contribution < 1.29 is 9.53 Å². The second-order valence-electron chi connectivity index (χ2n) is 4.40. The zero-order chi connectivity index (χ0) is 15.0. The summed E-state index contributed by atoms with van der Waals surface area (Å²) in [6.07, 6.45) is 0. The van der Waals surface area contributed by atoms with Gasteiger partial charge in [0.05, 0.1) is 6.61 Å². The normalized spacial score (nSPS) is 11.8. The van der Waals surface area contributed by atoms with E-state index in [1.807, 2.05) is 13.8 Å². The SMILES string of the molecule is CCNc1nc(C)cc(NC(C)C(=O)NCCOC)n1. The molecule has 1 aromatic heterocycles. The maximum Gasteiger partial charge on any atom is 0.242 e. The van der Waals surface area contributed by atoms with E-state index in [2.05, 4.69) is 25.9 Å². The predicted molar refractivity (Wildman–Crippen MR) is 78.9 cm³/mol. The first kappa shape index (κ1) is 16.2. The number of methoxy groups -OCH3 is 1. The van der Waals surface area contributed by atoms with Crippen molar-refractivity contribution in [2.24, 2.45) is 0 Å². The molecule has 0 aliphatic carbocycles. The minimum atomic E-state index is -0.379. The number of aromatic nitrogens is 2. The van der Waals surface area contributed by atoms with Gasteiger partial charge in [-0.3, -0.25) is 4.79 Å². The molecule has 20 heavy (non-hydrogen) atoms. The van der Waals surface area contributed by atoms with E-state index in [4.69, 9.17) is 4.74 Å². The summed E-state index contributed by atoms with van der Waals surface area (Å²) in [6, 6.07) is 1.43. The molecule has 0 radical (unpaired) electrons. The molecule has 0 saturated heterocycles. The summed E-state index contributed by atoms with van der Waals surface area (Å²) >= 11 is 0. The van der Waals surface area contributed by atoms with Crippen LogP contribution < -0.4 is 16.0 Å². The molecule has 0 bridgehead atoms. The number of ether oxygens (including phenoxy) is 1. The highest BCUT2D eigenvalue weighted by Gasteiger charge is 2.13. The first-order valence-corrected chi connectivity index (χ1v) is 6.69. The molecule has 0 saturated carbocycles. The number of rotatable bonds is 8. The Hall–Kier alpha value is -1.89. The molecular formula is C13H23N5O2. The van der Waals surface area contributed by atoms with E-state index in [-0.39, 0.29) is 11.9 Å². The number of hydrogen-bond acceptors (Lipinski definition) is 6. The Kier molecular flexibility index (Phi) is 6.72. The van der Waals surface area contributed by atoms with E-state index in [1.54, 1.807) is 20.1 Å². The van der Waals surface area contributed by atoms with E-state index in [0.29, 0.717) is 24.9 Å². The third kappa shape index (κ3) is 5.40. The second-order valence-corrected chi connectivity index (χ2v) is 4.40. The number of hydrogen-bond donors (Lipinski definition) is 3. The summed E-state index contributed by atoms with van der Waals surface area (Å²) in [5.41, 5.74) is 0.838. The fourth-order valence-corrected chi connectivity index (χ4v) is 1.60. The smallest absolute Gasteiger partial charge is 0.242 e. The van der Waals surface area contributed by atoms with Gasteiger partial charge in [-0.2, -0.15) is 4.98 Å². The van der Waals surface area contributed by atoms with E-state index in [1.165, 1.54) is 0 Å². The third-order valence-electron chi connectivity index (χ3n) is 2.55. The maximum atomic E-state index is 11.8. The molecular weight excluding hydrogens is 258 g/mol. The lowest BCUT2D eigenvalue weighted by atomic mass is 10.3. The molecule has 1 heterocycles. The molecule has 1 atom stereocenters. The van der Waals surface area contributed by atoms with Crippen LogP contribution in [0.1, 0.15) is 19.5 Å². The van der Waals surface area contributed by atoms with Gasteiger partial charge >= 0.3 is 0 Å². The maximum absolute atomic E-state index is 11.8. The summed E-state index contributed by atoms with van der Waals surface area (Å²) in [5, 5.41) is 8.89. The van der Waals surface area contributed by atoms with Crippen molar-refractivity contribution in [2.45, 2.75) is 26.8 Å². The molecule has 1 rings (SSSR count). The molecule has 0 aromatic carbocycles. The van der Waals surface area contributed by atoms with Crippen LogP contribution in [0, 0.1) is 6.92 Å². The molecule has 7 nitrogen and oxygen atoms in total. The number of nitrogens with zero attached hydrogens (tertiary/aromatic N) is 2. The van der Waals surface area contributed by atoms with Gasteiger partial charge in [0.15, 0.2) is 0 Å². The highest BCUT2D eigenvalue weighted by atomic mass is 16.5. The number of anilines is 2. The van der Waals surface area contributed by atoms with Gasteiger partial charge in [0.1, 0.15) is 11.9 Å². The van der Waals surface area contributed by atoms with Gasteiger partial charge in [0, 0.05) is 32.0 Å². The number of carbonyl (C=O) groups excluding carboxylic acids is 1. The number of aryl methyl sites for hydroxylation is 1. The highest BCUT2D eigenvalue weighted by Crippen LogP contribution is 2.10. The van der Waals surface area contributed by atoms with Crippen molar-refractivity contribution in [2.75, 3.05) is 37.4 Å².